The summed E-state index contributed by atoms with van der Waals surface area (Å²) in [5.74, 6) is -0.532. The van der Waals surface area contributed by atoms with Crippen LogP contribution in [0.2, 0.25) is 10.0 Å². The molecular formula is C15H7Cl2F3N2O. The maximum Gasteiger partial charge on any atom is 0.416 e. The second kappa shape index (κ2) is 5.54. The van der Waals surface area contributed by atoms with E-state index in [1.54, 1.807) is 12.1 Å². The van der Waals surface area contributed by atoms with Crippen molar-refractivity contribution in [2.24, 2.45) is 4.99 Å². The number of carbonyl (C=O) groups is 1. The van der Waals surface area contributed by atoms with Crippen LogP contribution in [0.25, 0.3) is 0 Å². The average molecular weight is 359 g/mol. The zero-order valence-electron chi connectivity index (χ0n) is 11.2. The Labute approximate surface area is 138 Å². The Hall–Kier alpha value is -2.05. The van der Waals surface area contributed by atoms with Gasteiger partial charge in [-0.25, -0.2) is 4.99 Å². The summed E-state index contributed by atoms with van der Waals surface area (Å²) in [6.45, 7) is 0. The van der Waals surface area contributed by atoms with E-state index in [2.05, 4.69) is 10.3 Å². The molecule has 0 aromatic heterocycles. The monoisotopic (exact) mass is 358 g/mol. The maximum atomic E-state index is 12.8. The average Bonchev–Trinajstić information content (AvgIpc) is 2.76. The molecular weight excluding hydrogens is 352 g/mol. The molecule has 1 N–H and O–H groups in total. The van der Waals surface area contributed by atoms with Crippen LogP contribution < -0.4 is 5.32 Å². The first-order valence-electron chi connectivity index (χ1n) is 6.32. The van der Waals surface area contributed by atoms with Gasteiger partial charge in [-0.2, -0.15) is 13.2 Å². The zero-order chi connectivity index (χ0) is 16.8. The number of nitrogens with zero attached hydrogens (tertiary/aromatic N) is 1. The molecule has 23 heavy (non-hydrogen) atoms. The van der Waals surface area contributed by atoms with Crippen LogP contribution in [-0.4, -0.2) is 11.6 Å². The van der Waals surface area contributed by atoms with E-state index in [0.717, 1.165) is 18.2 Å². The Kier molecular flexibility index (Phi) is 3.82. The minimum absolute atomic E-state index is 0.00813. The van der Waals surface area contributed by atoms with Gasteiger partial charge in [0, 0.05) is 10.6 Å². The van der Waals surface area contributed by atoms with Crippen molar-refractivity contribution in [1.29, 1.82) is 0 Å². The number of hydrogen-bond acceptors (Lipinski definition) is 2. The summed E-state index contributed by atoms with van der Waals surface area (Å²) in [6, 6.07) is 7.42. The van der Waals surface area contributed by atoms with E-state index in [9.17, 15) is 18.0 Å². The summed E-state index contributed by atoms with van der Waals surface area (Å²) in [5.41, 5.74) is -0.175. The number of rotatable bonds is 1. The Balaban J connectivity index is 2.13. The number of hydrogen-bond donors (Lipinski definition) is 1. The molecule has 0 spiro atoms. The third-order valence-corrected chi connectivity index (χ3v) is 3.76. The topological polar surface area (TPSA) is 41.5 Å². The van der Waals surface area contributed by atoms with Gasteiger partial charge in [0.1, 0.15) is 5.71 Å². The van der Waals surface area contributed by atoms with Crippen molar-refractivity contribution < 1.29 is 18.0 Å². The fourth-order valence-corrected chi connectivity index (χ4v) is 2.46. The van der Waals surface area contributed by atoms with E-state index < -0.39 is 17.6 Å². The number of anilines is 1. The summed E-state index contributed by atoms with van der Waals surface area (Å²) in [6.07, 6.45) is -4.53. The number of amides is 1. The molecule has 3 nitrogen and oxygen atoms in total. The lowest BCUT2D eigenvalue weighted by Gasteiger charge is -2.08. The van der Waals surface area contributed by atoms with E-state index in [1.807, 2.05) is 0 Å². The molecule has 1 heterocycles. The van der Waals surface area contributed by atoms with Crippen molar-refractivity contribution >= 4 is 46.2 Å². The van der Waals surface area contributed by atoms with Crippen molar-refractivity contribution in [2.45, 2.75) is 6.18 Å². The van der Waals surface area contributed by atoms with Gasteiger partial charge in [0.2, 0.25) is 0 Å². The summed E-state index contributed by atoms with van der Waals surface area (Å²) in [5, 5.41) is 2.95. The molecule has 1 aliphatic rings. The number of alkyl halides is 3. The molecule has 0 saturated carbocycles. The first-order valence-corrected chi connectivity index (χ1v) is 7.08. The van der Waals surface area contributed by atoms with Gasteiger partial charge in [-0.3, -0.25) is 4.79 Å². The van der Waals surface area contributed by atoms with Crippen molar-refractivity contribution in [1.82, 2.24) is 0 Å². The van der Waals surface area contributed by atoms with Crippen LogP contribution >= 0.6 is 23.2 Å². The summed E-state index contributed by atoms with van der Waals surface area (Å²) in [4.78, 5) is 16.0. The van der Waals surface area contributed by atoms with Gasteiger partial charge in [-0.15, -0.1) is 0 Å². The van der Waals surface area contributed by atoms with Gasteiger partial charge in [-0.1, -0.05) is 23.2 Å². The van der Waals surface area contributed by atoms with E-state index >= 15 is 0 Å². The van der Waals surface area contributed by atoms with Crippen LogP contribution in [-0.2, 0) is 11.0 Å². The summed E-state index contributed by atoms with van der Waals surface area (Å²) in [7, 11) is 0. The number of benzene rings is 2. The second-order valence-corrected chi connectivity index (χ2v) is 5.61. The third kappa shape index (κ3) is 3.04. The lowest BCUT2D eigenvalue weighted by Crippen LogP contribution is -2.14. The van der Waals surface area contributed by atoms with Crippen LogP contribution in [0.1, 0.15) is 11.1 Å². The van der Waals surface area contributed by atoms with E-state index in [-0.39, 0.29) is 16.4 Å². The van der Waals surface area contributed by atoms with Crippen LogP contribution in [0.3, 0.4) is 0 Å². The number of nitrogens with one attached hydrogen (secondary N) is 1. The summed E-state index contributed by atoms with van der Waals surface area (Å²) < 4.78 is 38.4. The Morgan fingerprint density at radius 3 is 2.48 bits per heavy atom. The smallest absolute Gasteiger partial charge is 0.320 e. The van der Waals surface area contributed by atoms with Crippen LogP contribution in [0.5, 0.6) is 0 Å². The van der Waals surface area contributed by atoms with Gasteiger partial charge in [0.25, 0.3) is 5.91 Å². The van der Waals surface area contributed by atoms with Gasteiger partial charge >= 0.3 is 6.18 Å². The van der Waals surface area contributed by atoms with Crippen LogP contribution in [0, 0.1) is 0 Å². The standard InChI is InChI=1S/C15H7Cl2F3N2O/c16-8-2-4-11-9(6-8)13(14(23)22-11)21-12-5-7(15(18,19)20)1-3-10(12)17/h1-6H,(H,21,22,23). The van der Waals surface area contributed by atoms with Crippen molar-refractivity contribution in [2.75, 3.05) is 5.32 Å². The fraction of sp³-hybridized carbons (Fsp3) is 0.0667. The Morgan fingerprint density at radius 2 is 1.78 bits per heavy atom. The number of aliphatic imine (C=N–C) groups is 1. The highest BCUT2D eigenvalue weighted by Crippen LogP contribution is 2.36. The Morgan fingerprint density at radius 1 is 1.04 bits per heavy atom. The molecule has 0 aliphatic carbocycles. The lowest BCUT2D eigenvalue weighted by atomic mass is 10.1. The minimum Gasteiger partial charge on any atom is -0.320 e. The predicted molar refractivity (Wildman–Crippen MR) is 82.7 cm³/mol. The molecule has 8 heteroatoms. The molecule has 0 fully saturated rings. The van der Waals surface area contributed by atoms with Gasteiger partial charge in [-0.05, 0) is 36.4 Å². The predicted octanol–water partition coefficient (Wildman–Crippen LogP) is 5.09. The molecule has 3 rings (SSSR count). The van der Waals surface area contributed by atoms with Crippen LogP contribution in [0.4, 0.5) is 24.5 Å². The second-order valence-electron chi connectivity index (χ2n) is 4.77. The molecule has 0 saturated heterocycles. The normalized spacial score (nSPS) is 15.7. The lowest BCUT2D eigenvalue weighted by molar-refractivity contribution is -0.137. The van der Waals surface area contributed by atoms with Crippen molar-refractivity contribution in [3.63, 3.8) is 0 Å². The number of halogens is 5. The third-order valence-electron chi connectivity index (χ3n) is 3.21. The molecule has 0 unspecified atom stereocenters. The van der Waals surface area contributed by atoms with E-state index in [4.69, 9.17) is 23.2 Å². The van der Waals surface area contributed by atoms with Gasteiger partial charge < -0.3 is 5.32 Å². The van der Waals surface area contributed by atoms with Gasteiger partial charge in [0.15, 0.2) is 0 Å². The molecule has 1 aliphatic heterocycles. The fourth-order valence-electron chi connectivity index (χ4n) is 2.13. The summed E-state index contributed by atoms with van der Waals surface area (Å²) >= 11 is 11.8. The quantitative estimate of drug-likeness (QED) is 0.758. The maximum absolute atomic E-state index is 12.8. The first kappa shape index (κ1) is 15.8. The SMILES string of the molecule is O=C1Nc2ccc(Cl)cc2C1=Nc1cc(C(F)(F)F)ccc1Cl. The number of carbonyl (C=O) groups excluding carboxylic acids is 1. The molecule has 0 atom stereocenters. The Bertz CT molecular complexity index is 847. The largest absolute Gasteiger partial charge is 0.416 e. The molecule has 2 aromatic carbocycles. The van der Waals surface area contributed by atoms with Crippen molar-refractivity contribution in [3.8, 4) is 0 Å². The van der Waals surface area contributed by atoms with E-state index in [0.29, 0.717) is 16.3 Å². The molecule has 0 bridgehead atoms. The molecule has 0 radical (unpaired) electrons. The molecule has 1 amide bonds. The van der Waals surface area contributed by atoms with Crippen LogP contribution in [0.15, 0.2) is 41.4 Å². The van der Waals surface area contributed by atoms with Crippen molar-refractivity contribution in [3.05, 3.63) is 57.6 Å². The molecule has 2 aromatic rings. The van der Waals surface area contributed by atoms with Gasteiger partial charge in [0.05, 0.1) is 22.0 Å². The minimum atomic E-state index is -4.53. The first-order chi connectivity index (χ1) is 10.8. The highest BCUT2D eigenvalue weighted by Gasteiger charge is 2.31. The van der Waals surface area contributed by atoms with E-state index in [1.165, 1.54) is 6.07 Å². The zero-order valence-corrected chi connectivity index (χ0v) is 12.7. The molecule has 118 valence electrons. The highest BCUT2D eigenvalue weighted by molar-refractivity contribution is 6.54. The highest BCUT2D eigenvalue weighted by atomic mass is 35.5. The number of fused-ring (bicyclic) bond motifs is 1.